The number of nitrogens with zero attached hydrogens (tertiary/aromatic N) is 2. The molecule has 0 bridgehead atoms. The molecule has 4 rings (SSSR count). The minimum atomic E-state index is -0.291. The van der Waals surface area contributed by atoms with Gasteiger partial charge in [-0.25, -0.2) is 4.68 Å². The van der Waals surface area contributed by atoms with Gasteiger partial charge in [0.1, 0.15) is 5.75 Å². The van der Waals surface area contributed by atoms with Crippen molar-refractivity contribution >= 4 is 34.0 Å². The van der Waals surface area contributed by atoms with Gasteiger partial charge in [0, 0.05) is 28.6 Å². The predicted octanol–water partition coefficient (Wildman–Crippen LogP) is 4.51. The van der Waals surface area contributed by atoms with E-state index < -0.39 is 0 Å². The zero-order chi connectivity index (χ0) is 21.3. The number of fused-ring (bicyclic) bond motifs is 1. The van der Waals surface area contributed by atoms with Crippen LogP contribution in [0, 0.1) is 0 Å². The number of benzene rings is 3. The molecule has 1 amide bonds. The highest BCUT2D eigenvalue weighted by atomic mass is 35.5. The Hall–Kier alpha value is -3.64. The topological polar surface area (TPSA) is 73.2 Å². The lowest BCUT2D eigenvalue weighted by Gasteiger charge is -2.13. The third kappa shape index (κ3) is 3.65. The van der Waals surface area contributed by atoms with E-state index in [1.54, 1.807) is 49.5 Å². The molecule has 6 nitrogen and oxygen atoms in total. The van der Waals surface area contributed by atoms with Crippen LogP contribution in [0.2, 0.25) is 5.02 Å². The van der Waals surface area contributed by atoms with Gasteiger partial charge in [-0.15, -0.1) is 0 Å². The Bertz CT molecular complexity index is 1310. The van der Waals surface area contributed by atoms with Gasteiger partial charge in [-0.3, -0.25) is 9.59 Å². The van der Waals surface area contributed by atoms with E-state index in [0.717, 1.165) is 10.9 Å². The molecule has 0 saturated heterocycles. The van der Waals surface area contributed by atoms with Crippen LogP contribution in [0.15, 0.2) is 71.5 Å². The molecule has 0 aliphatic heterocycles. The number of hydrogen-bond donors (Lipinski definition) is 1. The average molecular weight is 420 g/mol. The SMILES string of the molecule is COc1ccc(-c2nn(C)c(=O)c3ccccc23)cc1NC(=O)c1ccc(Cl)cc1. The predicted molar refractivity (Wildman–Crippen MR) is 118 cm³/mol. The van der Waals surface area contributed by atoms with E-state index in [2.05, 4.69) is 10.4 Å². The standard InChI is InChI=1S/C23H18ClN3O3/c1-27-23(29)18-6-4-3-5-17(18)21(26-27)15-9-12-20(30-2)19(13-15)25-22(28)14-7-10-16(24)11-8-14/h3-13H,1-2H3,(H,25,28). The van der Waals surface area contributed by atoms with E-state index in [0.29, 0.717) is 33.1 Å². The van der Waals surface area contributed by atoms with Crippen LogP contribution in [0.4, 0.5) is 5.69 Å². The third-order valence-corrected chi connectivity index (χ3v) is 5.04. The Kier molecular flexibility index (Phi) is 5.25. The highest BCUT2D eigenvalue weighted by molar-refractivity contribution is 6.30. The van der Waals surface area contributed by atoms with Crippen molar-refractivity contribution in [1.82, 2.24) is 9.78 Å². The number of aryl methyl sites for hydroxylation is 1. The summed E-state index contributed by atoms with van der Waals surface area (Å²) in [5, 5.41) is 9.20. The van der Waals surface area contributed by atoms with Crippen LogP contribution in [0.5, 0.6) is 5.75 Å². The van der Waals surface area contributed by atoms with Crippen molar-refractivity contribution in [3.8, 4) is 17.0 Å². The lowest BCUT2D eigenvalue weighted by Crippen LogP contribution is -2.20. The fraction of sp³-hybridized carbons (Fsp3) is 0.0870. The van der Waals surface area contributed by atoms with Crippen LogP contribution >= 0.6 is 11.6 Å². The van der Waals surface area contributed by atoms with Gasteiger partial charge in [0.25, 0.3) is 11.5 Å². The van der Waals surface area contributed by atoms with Crippen LogP contribution in [0.25, 0.3) is 22.0 Å². The van der Waals surface area contributed by atoms with Gasteiger partial charge in [-0.05, 0) is 48.5 Å². The summed E-state index contributed by atoms with van der Waals surface area (Å²) in [6.45, 7) is 0. The van der Waals surface area contributed by atoms with E-state index in [1.165, 1.54) is 11.8 Å². The maximum Gasteiger partial charge on any atom is 0.274 e. The molecular weight excluding hydrogens is 402 g/mol. The first-order chi connectivity index (χ1) is 14.5. The van der Waals surface area contributed by atoms with Crippen LogP contribution in [-0.2, 0) is 7.05 Å². The maximum absolute atomic E-state index is 12.7. The largest absolute Gasteiger partial charge is 0.495 e. The third-order valence-electron chi connectivity index (χ3n) is 4.78. The van der Waals surface area contributed by atoms with E-state index in [9.17, 15) is 9.59 Å². The Morgan fingerprint density at radius 1 is 1.03 bits per heavy atom. The number of ether oxygens (including phenoxy) is 1. The minimum Gasteiger partial charge on any atom is -0.495 e. The van der Waals surface area contributed by atoms with Gasteiger partial charge in [-0.2, -0.15) is 5.10 Å². The number of carbonyl (C=O) groups excluding carboxylic acids is 1. The summed E-state index contributed by atoms with van der Waals surface area (Å²) in [6.07, 6.45) is 0. The molecule has 1 N–H and O–H groups in total. The number of carbonyl (C=O) groups is 1. The van der Waals surface area contributed by atoms with Crippen LogP contribution in [0.3, 0.4) is 0 Å². The van der Waals surface area contributed by atoms with Gasteiger partial charge >= 0.3 is 0 Å². The van der Waals surface area contributed by atoms with Gasteiger partial charge in [0.05, 0.1) is 23.9 Å². The molecule has 0 radical (unpaired) electrons. The smallest absolute Gasteiger partial charge is 0.274 e. The summed E-state index contributed by atoms with van der Waals surface area (Å²) >= 11 is 5.90. The molecular formula is C23H18ClN3O3. The molecule has 7 heteroatoms. The second-order valence-corrected chi connectivity index (χ2v) is 7.14. The van der Waals surface area contributed by atoms with E-state index >= 15 is 0 Å². The Morgan fingerprint density at radius 2 is 1.73 bits per heavy atom. The molecule has 3 aromatic carbocycles. The van der Waals surface area contributed by atoms with Crippen molar-refractivity contribution in [3.05, 3.63) is 87.7 Å². The molecule has 0 aliphatic carbocycles. The molecule has 1 aromatic heterocycles. The van der Waals surface area contributed by atoms with Gasteiger partial charge in [-0.1, -0.05) is 29.8 Å². The molecule has 0 saturated carbocycles. The first kappa shape index (κ1) is 19.7. The van der Waals surface area contributed by atoms with E-state index in [-0.39, 0.29) is 11.5 Å². The number of methoxy groups -OCH3 is 1. The van der Waals surface area contributed by atoms with Crippen LogP contribution in [-0.4, -0.2) is 22.8 Å². The summed E-state index contributed by atoms with van der Waals surface area (Å²) in [5.41, 5.74) is 2.18. The minimum absolute atomic E-state index is 0.167. The lowest BCUT2D eigenvalue weighted by molar-refractivity contribution is 0.102. The molecule has 1 heterocycles. The second-order valence-electron chi connectivity index (χ2n) is 6.70. The van der Waals surface area contributed by atoms with Gasteiger partial charge in [0.2, 0.25) is 0 Å². The normalized spacial score (nSPS) is 10.8. The first-order valence-electron chi connectivity index (χ1n) is 9.19. The average Bonchev–Trinajstić information content (AvgIpc) is 2.76. The quantitative estimate of drug-likeness (QED) is 0.528. The summed E-state index contributed by atoms with van der Waals surface area (Å²) < 4.78 is 6.72. The molecule has 30 heavy (non-hydrogen) atoms. The van der Waals surface area contributed by atoms with Crippen molar-refractivity contribution in [1.29, 1.82) is 0 Å². The number of hydrogen-bond acceptors (Lipinski definition) is 4. The number of rotatable bonds is 4. The van der Waals surface area contributed by atoms with Crippen LogP contribution < -0.4 is 15.6 Å². The highest BCUT2D eigenvalue weighted by Crippen LogP contribution is 2.32. The molecule has 0 aliphatic rings. The summed E-state index contributed by atoms with van der Waals surface area (Å²) in [5.74, 6) is 0.218. The Morgan fingerprint density at radius 3 is 2.43 bits per heavy atom. The second kappa shape index (κ2) is 8.00. The Labute approximate surface area is 177 Å². The molecule has 0 fully saturated rings. The highest BCUT2D eigenvalue weighted by Gasteiger charge is 2.15. The number of anilines is 1. The van der Waals surface area contributed by atoms with Crippen molar-refractivity contribution < 1.29 is 9.53 Å². The zero-order valence-corrected chi connectivity index (χ0v) is 17.1. The fourth-order valence-electron chi connectivity index (χ4n) is 3.26. The van der Waals surface area contributed by atoms with E-state index in [1.807, 2.05) is 24.3 Å². The van der Waals surface area contributed by atoms with Crippen molar-refractivity contribution in [3.63, 3.8) is 0 Å². The molecule has 0 unspecified atom stereocenters. The van der Waals surface area contributed by atoms with Gasteiger partial charge in [0.15, 0.2) is 0 Å². The molecule has 0 spiro atoms. The number of amides is 1. The van der Waals surface area contributed by atoms with Crippen LogP contribution in [0.1, 0.15) is 10.4 Å². The number of aromatic nitrogens is 2. The van der Waals surface area contributed by atoms with E-state index in [4.69, 9.17) is 16.3 Å². The van der Waals surface area contributed by atoms with Crippen molar-refractivity contribution in [2.24, 2.45) is 7.05 Å². The summed E-state index contributed by atoms with van der Waals surface area (Å²) in [7, 11) is 3.15. The molecule has 0 atom stereocenters. The van der Waals surface area contributed by atoms with Gasteiger partial charge < -0.3 is 10.1 Å². The van der Waals surface area contributed by atoms with Crippen molar-refractivity contribution in [2.75, 3.05) is 12.4 Å². The number of nitrogens with one attached hydrogen (secondary N) is 1. The summed E-state index contributed by atoms with van der Waals surface area (Å²) in [6, 6.07) is 19.3. The first-order valence-corrected chi connectivity index (χ1v) is 9.57. The maximum atomic E-state index is 12.7. The monoisotopic (exact) mass is 419 g/mol. The molecule has 4 aromatic rings. The lowest BCUT2D eigenvalue weighted by atomic mass is 10.0. The van der Waals surface area contributed by atoms with Crippen molar-refractivity contribution in [2.45, 2.75) is 0 Å². The zero-order valence-electron chi connectivity index (χ0n) is 16.3. The molecule has 150 valence electrons. The fourth-order valence-corrected chi connectivity index (χ4v) is 3.39. The summed E-state index contributed by atoms with van der Waals surface area (Å²) in [4.78, 5) is 25.1. The Balaban J connectivity index is 1.80. The number of halogens is 1.